The molecule has 1 saturated heterocycles. The number of pyridine rings is 3. The van der Waals surface area contributed by atoms with Gasteiger partial charge in [-0.1, -0.05) is 18.2 Å². The zero-order valence-electron chi connectivity index (χ0n) is 17.7. The van der Waals surface area contributed by atoms with Crippen LogP contribution in [0.2, 0.25) is 0 Å². The maximum atomic E-state index is 12.6. The average molecular weight is 418 g/mol. The van der Waals surface area contributed by atoms with Gasteiger partial charge in [0.1, 0.15) is 6.04 Å². The van der Waals surface area contributed by atoms with Gasteiger partial charge in [-0.05, 0) is 48.7 Å². The summed E-state index contributed by atoms with van der Waals surface area (Å²) >= 11 is 0. The van der Waals surface area contributed by atoms with Crippen LogP contribution in [0.1, 0.15) is 41.6 Å². The van der Waals surface area contributed by atoms with E-state index in [0.29, 0.717) is 5.88 Å². The molecule has 160 valence electrons. The van der Waals surface area contributed by atoms with Crippen molar-refractivity contribution < 1.29 is 14.3 Å². The third-order valence-corrected chi connectivity index (χ3v) is 5.78. The maximum Gasteiger partial charge on any atom is 0.323 e. The second-order valence-electron chi connectivity index (χ2n) is 7.52. The third kappa shape index (κ3) is 4.41. The SMILES string of the molecule is COC(=O)[C@@H]1CCCN1C(c1cccc(OC)n1)C(c1cccnc1)c1cccnc1. The Morgan fingerprint density at radius 1 is 1.03 bits per heavy atom. The molecule has 31 heavy (non-hydrogen) atoms. The Kier molecular flexibility index (Phi) is 6.52. The predicted octanol–water partition coefficient (Wildman–Crippen LogP) is 3.39. The minimum atomic E-state index is -0.334. The van der Waals surface area contributed by atoms with Crippen LogP contribution < -0.4 is 4.74 Å². The van der Waals surface area contributed by atoms with E-state index >= 15 is 0 Å². The fraction of sp³-hybridized carbons (Fsp3) is 0.333. The summed E-state index contributed by atoms with van der Waals surface area (Å²) in [5.74, 6) is 0.182. The van der Waals surface area contributed by atoms with E-state index in [1.54, 1.807) is 19.5 Å². The lowest BCUT2D eigenvalue weighted by atomic mass is 9.83. The van der Waals surface area contributed by atoms with Crippen LogP contribution in [-0.4, -0.2) is 52.6 Å². The lowest BCUT2D eigenvalue weighted by molar-refractivity contribution is -0.146. The lowest BCUT2D eigenvalue weighted by Gasteiger charge is -2.37. The van der Waals surface area contributed by atoms with Gasteiger partial charge in [0.2, 0.25) is 5.88 Å². The van der Waals surface area contributed by atoms with Crippen LogP contribution in [0, 0.1) is 0 Å². The van der Waals surface area contributed by atoms with E-state index < -0.39 is 0 Å². The number of carbonyl (C=O) groups is 1. The first-order valence-electron chi connectivity index (χ1n) is 10.4. The number of hydrogen-bond acceptors (Lipinski definition) is 7. The second-order valence-corrected chi connectivity index (χ2v) is 7.52. The molecule has 0 spiro atoms. The highest BCUT2D eigenvalue weighted by molar-refractivity contribution is 5.76. The molecule has 3 aromatic heterocycles. The number of likely N-dealkylation sites (tertiary alicyclic amines) is 1. The highest BCUT2D eigenvalue weighted by Gasteiger charge is 2.42. The summed E-state index contributed by atoms with van der Waals surface area (Å²) in [6.07, 6.45) is 8.92. The number of esters is 1. The number of methoxy groups -OCH3 is 2. The Bertz CT molecular complexity index is 960. The molecule has 7 nitrogen and oxygen atoms in total. The van der Waals surface area contributed by atoms with Crippen molar-refractivity contribution >= 4 is 5.97 Å². The average Bonchev–Trinajstić information content (AvgIpc) is 3.32. The van der Waals surface area contributed by atoms with Gasteiger partial charge < -0.3 is 9.47 Å². The van der Waals surface area contributed by atoms with Gasteiger partial charge in [0.25, 0.3) is 0 Å². The van der Waals surface area contributed by atoms with Crippen molar-refractivity contribution in [3.63, 3.8) is 0 Å². The highest BCUT2D eigenvalue weighted by Crippen LogP contribution is 2.43. The Morgan fingerprint density at radius 2 is 1.74 bits per heavy atom. The zero-order chi connectivity index (χ0) is 21.6. The summed E-state index contributed by atoms with van der Waals surface area (Å²) < 4.78 is 10.5. The molecule has 0 amide bonds. The molecule has 1 aliphatic rings. The maximum absolute atomic E-state index is 12.6. The molecule has 4 rings (SSSR count). The number of aromatic nitrogens is 3. The summed E-state index contributed by atoms with van der Waals surface area (Å²) in [6.45, 7) is 0.764. The summed E-state index contributed by atoms with van der Waals surface area (Å²) in [5, 5.41) is 0. The number of rotatable bonds is 7. The van der Waals surface area contributed by atoms with Crippen molar-refractivity contribution in [1.82, 2.24) is 19.9 Å². The first-order valence-corrected chi connectivity index (χ1v) is 10.4. The smallest absolute Gasteiger partial charge is 0.323 e. The minimum Gasteiger partial charge on any atom is -0.481 e. The second kappa shape index (κ2) is 9.66. The molecular weight excluding hydrogens is 392 g/mol. The first-order chi connectivity index (χ1) is 15.2. The van der Waals surface area contributed by atoms with Crippen molar-refractivity contribution in [2.45, 2.75) is 30.8 Å². The summed E-state index contributed by atoms with van der Waals surface area (Å²) in [4.78, 5) is 28.3. The molecule has 0 saturated carbocycles. The van der Waals surface area contributed by atoms with Crippen LogP contribution >= 0.6 is 0 Å². The van der Waals surface area contributed by atoms with Crippen LogP contribution in [0.25, 0.3) is 0 Å². The molecule has 4 heterocycles. The molecule has 3 aromatic rings. The predicted molar refractivity (Wildman–Crippen MR) is 116 cm³/mol. The van der Waals surface area contributed by atoms with E-state index in [9.17, 15) is 4.79 Å². The first kappa shape index (κ1) is 20.9. The van der Waals surface area contributed by atoms with E-state index in [2.05, 4.69) is 27.0 Å². The van der Waals surface area contributed by atoms with Crippen molar-refractivity contribution in [3.05, 3.63) is 84.1 Å². The quantitative estimate of drug-likeness (QED) is 0.544. The van der Waals surface area contributed by atoms with E-state index in [1.807, 2.05) is 42.7 Å². The van der Waals surface area contributed by atoms with Gasteiger partial charge in [-0.2, -0.15) is 0 Å². The van der Waals surface area contributed by atoms with E-state index in [-0.39, 0.29) is 24.0 Å². The van der Waals surface area contributed by atoms with Crippen LogP contribution in [-0.2, 0) is 9.53 Å². The number of hydrogen-bond donors (Lipinski definition) is 0. The van der Waals surface area contributed by atoms with Crippen LogP contribution in [0.15, 0.2) is 67.3 Å². The molecule has 1 aliphatic heterocycles. The van der Waals surface area contributed by atoms with Crippen LogP contribution in [0.5, 0.6) is 5.88 Å². The van der Waals surface area contributed by atoms with Gasteiger partial charge in [-0.15, -0.1) is 0 Å². The molecule has 2 atom stereocenters. The molecular formula is C24H26N4O3. The number of ether oxygens (including phenoxy) is 2. The van der Waals surface area contributed by atoms with Gasteiger partial charge in [0.15, 0.2) is 0 Å². The van der Waals surface area contributed by atoms with E-state index in [1.165, 1.54) is 7.11 Å². The molecule has 0 bridgehead atoms. The van der Waals surface area contributed by atoms with Crippen molar-refractivity contribution in [2.24, 2.45) is 0 Å². The topological polar surface area (TPSA) is 77.4 Å². The van der Waals surface area contributed by atoms with Gasteiger partial charge in [-0.3, -0.25) is 19.7 Å². The molecule has 1 unspecified atom stereocenters. The lowest BCUT2D eigenvalue weighted by Crippen LogP contribution is -2.42. The molecule has 0 aliphatic carbocycles. The monoisotopic (exact) mass is 418 g/mol. The Hall–Kier alpha value is -3.32. The molecule has 7 heteroatoms. The normalized spacial score (nSPS) is 17.5. The molecule has 1 fully saturated rings. The number of carbonyl (C=O) groups excluding carboxylic acids is 1. The fourth-order valence-corrected chi connectivity index (χ4v) is 4.43. The largest absolute Gasteiger partial charge is 0.481 e. The van der Waals surface area contributed by atoms with E-state index in [0.717, 1.165) is 36.2 Å². The van der Waals surface area contributed by atoms with Gasteiger partial charge in [0, 0.05) is 36.8 Å². The molecule has 0 N–H and O–H groups in total. The van der Waals surface area contributed by atoms with Crippen LogP contribution in [0.4, 0.5) is 0 Å². The van der Waals surface area contributed by atoms with Crippen molar-refractivity contribution in [3.8, 4) is 5.88 Å². The zero-order valence-corrected chi connectivity index (χ0v) is 17.7. The third-order valence-electron chi connectivity index (χ3n) is 5.78. The Morgan fingerprint density at radius 3 is 2.32 bits per heavy atom. The standard InChI is InChI=1S/C24H26N4O3/c1-30-21-11-3-9-19(27-21)23(28-14-6-10-20(28)24(29)31-2)22(17-7-4-12-25-15-17)18-8-5-13-26-16-18/h3-5,7-9,11-13,15-16,20,22-23H,6,10,14H2,1-2H3/t20-,23?/m0/s1. The van der Waals surface area contributed by atoms with E-state index in [4.69, 9.17) is 14.5 Å². The van der Waals surface area contributed by atoms with Crippen LogP contribution in [0.3, 0.4) is 0 Å². The Labute approximate surface area is 182 Å². The van der Waals surface area contributed by atoms with Crippen molar-refractivity contribution in [2.75, 3.05) is 20.8 Å². The summed E-state index contributed by atoms with van der Waals surface area (Å²) in [6, 6.07) is 13.1. The minimum absolute atomic E-state index is 0.132. The molecule has 0 aromatic carbocycles. The van der Waals surface area contributed by atoms with Gasteiger partial charge in [-0.25, -0.2) is 4.98 Å². The summed E-state index contributed by atoms with van der Waals surface area (Å²) in [5.41, 5.74) is 2.88. The number of nitrogens with zero attached hydrogens (tertiary/aromatic N) is 4. The fourth-order valence-electron chi connectivity index (χ4n) is 4.43. The highest BCUT2D eigenvalue weighted by atomic mass is 16.5. The van der Waals surface area contributed by atoms with Gasteiger partial charge in [0.05, 0.1) is 26.0 Å². The van der Waals surface area contributed by atoms with Gasteiger partial charge >= 0.3 is 5.97 Å². The molecule has 0 radical (unpaired) electrons. The Balaban J connectivity index is 1.89. The summed E-state index contributed by atoms with van der Waals surface area (Å²) in [7, 11) is 3.05. The van der Waals surface area contributed by atoms with Crippen molar-refractivity contribution in [1.29, 1.82) is 0 Å².